The van der Waals surface area contributed by atoms with Crippen molar-refractivity contribution in [2.24, 2.45) is 0 Å². The number of furan rings is 1. The number of hydrogen-bond donors (Lipinski definition) is 0. The van der Waals surface area contributed by atoms with Gasteiger partial charge in [0.1, 0.15) is 5.01 Å². The number of fused-ring (bicyclic) bond motifs is 1. The lowest BCUT2D eigenvalue weighted by Gasteiger charge is -2.34. The summed E-state index contributed by atoms with van der Waals surface area (Å²) in [7, 11) is 0. The first-order valence-electron chi connectivity index (χ1n) is 7.02. The molecular weight excluding hydrogens is 288 g/mol. The number of hydrogen-bond acceptors (Lipinski definition) is 6. The number of nitrogens with zero attached hydrogens (tertiary/aromatic N) is 4. The molecule has 1 fully saturated rings. The van der Waals surface area contributed by atoms with Crippen molar-refractivity contribution in [3.8, 4) is 11.6 Å². The van der Waals surface area contributed by atoms with Crippen molar-refractivity contribution >= 4 is 16.3 Å². The van der Waals surface area contributed by atoms with Crippen LogP contribution in [0.2, 0.25) is 0 Å². The largest absolute Gasteiger partial charge is 0.461 e. The van der Waals surface area contributed by atoms with Gasteiger partial charge in [0.05, 0.1) is 11.9 Å². The summed E-state index contributed by atoms with van der Waals surface area (Å²) < 4.78 is 13.0. The molecule has 1 saturated heterocycles. The number of rotatable bonds is 2. The Morgan fingerprint density at radius 1 is 1.38 bits per heavy atom. The molecule has 4 rings (SSSR count). The molecule has 21 heavy (non-hydrogen) atoms. The quantitative estimate of drug-likeness (QED) is 0.728. The Morgan fingerprint density at radius 3 is 3.05 bits per heavy atom. The minimum Gasteiger partial charge on any atom is -0.461 e. The molecular formula is C14H16N4O2S. The summed E-state index contributed by atoms with van der Waals surface area (Å²) in [5.41, 5.74) is -0.0846. The van der Waals surface area contributed by atoms with Gasteiger partial charge in [-0.1, -0.05) is 11.3 Å². The fourth-order valence-electron chi connectivity index (χ4n) is 2.80. The molecule has 0 N–H and O–H groups in total. The van der Waals surface area contributed by atoms with Crippen LogP contribution in [0.3, 0.4) is 0 Å². The molecule has 1 aliphatic heterocycles. The second-order valence-corrected chi connectivity index (χ2v) is 6.92. The van der Waals surface area contributed by atoms with Crippen LogP contribution < -0.4 is 0 Å². The zero-order chi connectivity index (χ0) is 14.4. The van der Waals surface area contributed by atoms with Gasteiger partial charge in [0.25, 0.3) is 0 Å². The second-order valence-electron chi connectivity index (χ2n) is 5.93. The van der Waals surface area contributed by atoms with Gasteiger partial charge >= 0.3 is 0 Å². The van der Waals surface area contributed by atoms with E-state index in [1.54, 1.807) is 22.1 Å². The van der Waals surface area contributed by atoms with Crippen molar-refractivity contribution in [2.45, 2.75) is 38.2 Å². The summed E-state index contributed by atoms with van der Waals surface area (Å²) in [6.07, 6.45) is 3.61. The summed E-state index contributed by atoms with van der Waals surface area (Å²) in [6, 6.07) is 3.71. The van der Waals surface area contributed by atoms with Crippen LogP contribution in [0.4, 0.5) is 0 Å². The topological polar surface area (TPSA) is 65.5 Å². The maximum atomic E-state index is 5.78. The van der Waals surface area contributed by atoms with Crippen LogP contribution in [0, 0.1) is 0 Å². The van der Waals surface area contributed by atoms with Gasteiger partial charge in [0.2, 0.25) is 10.8 Å². The van der Waals surface area contributed by atoms with E-state index in [1.165, 1.54) is 0 Å². The SMILES string of the molecule is CC1(C)C[C@H](c2nn3c(-c4ccco4)nnc3s2)CCO1. The van der Waals surface area contributed by atoms with Crippen LogP contribution in [0.25, 0.3) is 16.5 Å². The van der Waals surface area contributed by atoms with E-state index >= 15 is 0 Å². The third-order valence-corrected chi connectivity index (χ3v) is 4.86. The Balaban J connectivity index is 1.71. The molecule has 1 atom stereocenters. The van der Waals surface area contributed by atoms with Crippen LogP contribution in [-0.2, 0) is 4.74 Å². The van der Waals surface area contributed by atoms with E-state index in [1.807, 2.05) is 12.1 Å². The van der Waals surface area contributed by atoms with Crippen LogP contribution in [0.15, 0.2) is 22.8 Å². The molecule has 4 heterocycles. The Labute approximate surface area is 125 Å². The highest BCUT2D eigenvalue weighted by Gasteiger charge is 2.32. The minimum absolute atomic E-state index is 0.0846. The summed E-state index contributed by atoms with van der Waals surface area (Å²) in [5, 5.41) is 14.2. The van der Waals surface area contributed by atoms with Gasteiger partial charge in [-0.2, -0.15) is 9.61 Å². The van der Waals surface area contributed by atoms with Gasteiger partial charge in [-0.25, -0.2) is 0 Å². The van der Waals surface area contributed by atoms with Crippen molar-refractivity contribution in [3.63, 3.8) is 0 Å². The zero-order valence-corrected chi connectivity index (χ0v) is 12.8. The van der Waals surface area contributed by atoms with Crippen molar-refractivity contribution in [1.82, 2.24) is 19.8 Å². The predicted octanol–water partition coefficient (Wildman–Crippen LogP) is 3.12. The predicted molar refractivity (Wildman–Crippen MR) is 78.4 cm³/mol. The summed E-state index contributed by atoms with van der Waals surface area (Å²) in [4.78, 5) is 0.806. The van der Waals surface area contributed by atoms with E-state index in [9.17, 15) is 0 Å². The lowest BCUT2D eigenvalue weighted by molar-refractivity contribution is -0.0593. The fraction of sp³-hybridized carbons (Fsp3) is 0.500. The van der Waals surface area contributed by atoms with Crippen LogP contribution >= 0.6 is 11.3 Å². The molecule has 0 unspecified atom stereocenters. The van der Waals surface area contributed by atoms with Gasteiger partial charge in [-0.3, -0.25) is 0 Å². The highest BCUT2D eigenvalue weighted by Crippen LogP contribution is 2.37. The Kier molecular flexibility index (Phi) is 2.87. The Hall–Kier alpha value is -1.73. The molecule has 1 aliphatic rings. The molecule has 3 aromatic rings. The van der Waals surface area contributed by atoms with E-state index in [0.717, 1.165) is 29.4 Å². The van der Waals surface area contributed by atoms with Crippen molar-refractivity contribution in [3.05, 3.63) is 23.4 Å². The van der Waals surface area contributed by atoms with E-state index in [4.69, 9.17) is 14.3 Å². The number of aromatic nitrogens is 4. The first-order chi connectivity index (χ1) is 10.1. The molecule has 110 valence electrons. The minimum atomic E-state index is -0.0846. The van der Waals surface area contributed by atoms with Crippen molar-refractivity contribution in [1.29, 1.82) is 0 Å². The summed E-state index contributed by atoms with van der Waals surface area (Å²) in [6.45, 7) is 5.05. The van der Waals surface area contributed by atoms with Gasteiger partial charge in [0.15, 0.2) is 5.76 Å². The molecule has 0 radical (unpaired) electrons. The maximum Gasteiger partial charge on any atom is 0.235 e. The van der Waals surface area contributed by atoms with Crippen LogP contribution in [0.1, 0.15) is 37.6 Å². The lowest BCUT2D eigenvalue weighted by Crippen LogP contribution is -2.33. The summed E-state index contributed by atoms with van der Waals surface area (Å²) in [5.74, 6) is 1.76. The maximum absolute atomic E-state index is 5.78. The highest BCUT2D eigenvalue weighted by molar-refractivity contribution is 7.16. The van der Waals surface area contributed by atoms with Gasteiger partial charge in [-0.05, 0) is 38.8 Å². The average molecular weight is 304 g/mol. The third kappa shape index (κ3) is 2.26. The summed E-state index contributed by atoms with van der Waals surface area (Å²) >= 11 is 1.60. The first-order valence-corrected chi connectivity index (χ1v) is 7.84. The molecule has 0 spiro atoms. The van der Waals surface area contributed by atoms with Gasteiger partial charge in [-0.15, -0.1) is 10.2 Å². The van der Waals surface area contributed by atoms with E-state index < -0.39 is 0 Å². The smallest absolute Gasteiger partial charge is 0.235 e. The normalized spacial score (nSPS) is 21.9. The monoisotopic (exact) mass is 304 g/mol. The Morgan fingerprint density at radius 2 is 2.29 bits per heavy atom. The zero-order valence-electron chi connectivity index (χ0n) is 11.9. The third-order valence-electron chi connectivity index (χ3n) is 3.79. The van der Waals surface area contributed by atoms with E-state index in [2.05, 4.69) is 24.0 Å². The average Bonchev–Trinajstić information content (AvgIpc) is 3.13. The fourth-order valence-corrected chi connectivity index (χ4v) is 3.77. The molecule has 0 amide bonds. The molecule has 0 saturated carbocycles. The van der Waals surface area contributed by atoms with E-state index in [-0.39, 0.29) is 5.60 Å². The van der Waals surface area contributed by atoms with E-state index in [0.29, 0.717) is 17.5 Å². The van der Waals surface area contributed by atoms with Crippen molar-refractivity contribution in [2.75, 3.05) is 6.61 Å². The van der Waals surface area contributed by atoms with Crippen LogP contribution in [-0.4, -0.2) is 32.0 Å². The molecule has 6 nitrogen and oxygen atoms in total. The standard InChI is InChI=1S/C14H16N4O2S/c1-14(2)8-9(5-7-20-14)12-17-18-11(10-4-3-6-19-10)15-16-13(18)21-12/h3-4,6,9H,5,7-8H2,1-2H3/t9-/m1/s1. The van der Waals surface area contributed by atoms with Gasteiger partial charge < -0.3 is 9.15 Å². The molecule has 0 bridgehead atoms. The lowest BCUT2D eigenvalue weighted by atomic mass is 9.89. The highest BCUT2D eigenvalue weighted by atomic mass is 32.1. The molecule has 7 heteroatoms. The first kappa shape index (κ1) is 13.0. The Bertz CT molecular complexity index is 759. The number of ether oxygens (including phenoxy) is 1. The second kappa shape index (κ2) is 4.64. The van der Waals surface area contributed by atoms with Gasteiger partial charge in [0, 0.05) is 12.5 Å². The molecule has 3 aromatic heterocycles. The van der Waals surface area contributed by atoms with Crippen molar-refractivity contribution < 1.29 is 9.15 Å². The van der Waals surface area contributed by atoms with Crippen LogP contribution in [0.5, 0.6) is 0 Å². The molecule has 0 aliphatic carbocycles. The molecule has 0 aromatic carbocycles.